The molecule has 1 aromatic heterocycles. The topological polar surface area (TPSA) is 110 Å². The molecule has 9 nitrogen and oxygen atoms in total. The molecule has 0 unspecified atom stereocenters. The number of hydrogen-bond acceptors (Lipinski definition) is 8. The smallest absolute Gasteiger partial charge is 0.325 e. The maximum Gasteiger partial charge on any atom is 0.325 e. The zero-order valence-corrected chi connectivity index (χ0v) is 19.9. The maximum atomic E-state index is 13.5. The first-order valence-corrected chi connectivity index (χ1v) is 12.7. The van der Waals surface area contributed by atoms with E-state index in [9.17, 15) is 18.0 Å². The van der Waals surface area contributed by atoms with Crippen LogP contribution in [-0.4, -0.2) is 59.1 Å². The number of fused-ring (bicyclic) bond motifs is 1. The molecule has 174 valence electrons. The van der Waals surface area contributed by atoms with Gasteiger partial charge in [0.15, 0.2) is 6.10 Å². The Morgan fingerprint density at radius 1 is 1.12 bits per heavy atom. The molecule has 2 aromatic carbocycles. The number of esters is 1. The highest BCUT2D eigenvalue weighted by Gasteiger charge is 2.40. The van der Waals surface area contributed by atoms with Gasteiger partial charge in [-0.05, 0) is 50.5 Å². The first-order chi connectivity index (χ1) is 15.8. The van der Waals surface area contributed by atoms with Gasteiger partial charge in [0.1, 0.15) is 22.0 Å². The number of amides is 1. The van der Waals surface area contributed by atoms with Crippen molar-refractivity contribution in [1.29, 1.82) is 0 Å². The highest BCUT2D eigenvalue weighted by Crippen LogP contribution is 2.30. The van der Waals surface area contributed by atoms with Crippen molar-refractivity contribution < 1.29 is 22.7 Å². The zero-order valence-electron chi connectivity index (χ0n) is 18.2. The van der Waals surface area contributed by atoms with Crippen molar-refractivity contribution in [3.05, 3.63) is 48.5 Å². The van der Waals surface area contributed by atoms with Crippen molar-refractivity contribution in [3.8, 4) is 0 Å². The molecule has 4 rings (SSSR count). The van der Waals surface area contributed by atoms with E-state index >= 15 is 0 Å². The number of ether oxygens (including phenoxy) is 1. The lowest BCUT2D eigenvalue weighted by atomic mass is 10.1. The fraction of sp³-hybridized carbons (Fsp3) is 0.364. The number of carbonyl (C=O) groups excluding carboxylic acids is 2. The second kappa shape index (κ2) is 9.54. The van der Waals surface area contributed by atoms with Crippen molar-refractivity contribution in [1.82, 2.24) is 13.1 Å². The second-order valence-electron chi connectivity index (χ2n) is 7.83. The minimum absolute atomic E-state index is 0.0152. The molecule has 0 spiro atoms. The van der Waals surface area contributed by atoms with Crippen LogP contribution in [0.4, 0.5) is 5.69 Å². The molecule has 3 aromatic rings. The normalized spacial score (nSPS) is 18.1. The Morgan fingerprint density at radius 2 is 1.88 bits per heavy atom. The van der Waals surface area contributed by atoms with E-state index in [1.807, 2.05) is 6.07 Å². The van der Waals surface area contributed by atoms with Crippen LogP contribution in [-0.2, 0) is 24.3 Å². The molecule has 2 heterocycles. The van der Waals surface area contributed by atoms with Crippen LogP contribution < -0.4 is 4.90 Å². The number of nitrogens with zero attached hydrogens (tertiary/aromatic N) is 4. The van der Waals surface area contributed by atoms with E-state index in [4.69, 9.17) is 4.74 Å². The summed E-state index contributed by atoms with van der Waals surface area (Å²) in [5.74, 6) is -1.14. The molecular weight excluding hydrogens is 464 g/mol. The SMILES string of the molecule is C[C@@H](OC(=O)[C@@H]1CCCCN1S(=O)(=O)c1cccc2nsnc12)C(=O)N(C)c1ccccc1. The summed E-state index contributed by atoms with van der Waals surface area (Å²) >= 11 is 0.933. The summed E-state index contributed by atoms with van der Waals surface area (Å²) in [5, 5.41) is 0. The van der Waals surface area contributed by atoms with Gasteiger partial charge >= 0.3 is 5.97 Å². The average Bonchev–Trinajstić information content (AvgIpc) is 3.32. The van der Waals surface area contributed by atoms with Gasteiger partial charge < -0.3 is 9.64 Å². The maximum absolute atomic E-state index is 13.5. The Kier molecular flexibility index (Phi) is 6.73. The van der Waals surface area contributed by atoms with Crippen LogP contribution >= 0.6 is 11.7 Å². The number of benzene rings is 2. The van der Waals surface area contributed by atoms with Gasteiger partial charge in [-0.3, -0.25) is 9.59 Å². The summed E-state index contributed by atoms with van der Waals surface area (Å²) in [4.78, 5) is 27.3. The summed E-state index contributed by atoms with van der Waals surface area (Å²) in [6, 6.07) is 12.7. The first kappa shape index (κ1) is 23.3. The van der Waals surface area contributed by atoms with Crippen LogP contribution in [0.15, 0.2) is 53.4 Å². The highest BCUT2D eigenvalue weighted by atomic mass is 32.2. The van der Waals surface area contributed by atoms with Crippen molar-refractivity contribution in [2.24, 2.45) is 0 Å². The number of hydrogen-bond donors (Lipinski definition) is 0. The molecule has 1 amide bonds. The molecule has 1 aliphatic rings. The van der Waals surface area contributed by atoms with Crippen LogP contribution in [0.25, 0.3) is 11.0 Å². The quantitative estimate of drug-likeness (QED) is 0.491. The van der Waals surface area contributed by atoms with Gasteiger partial charge in [-0.2, -0.15) is 13.1 Å². The highest BCUT2D eigenvalue weighted by molar-refractivity contribution is 7.89. The van der Waals surface area contributed by atoms with Gasteiger partial charge in [0.2, 0.25) is 10.0 Å². The van der Waals surface area contributed by atoms with Gasteiger partial charge in [0.05, 0.1) is 11.7 Å². The Morgan fingerprint density at radius 3 is 2.64 bits per heavy atom. The molecule has 1 fully saturated rings. The Hall–Kier alpha value is -2.89. The zero-order chi connectivity index (χ0) is 23.6. The third kappa shape index (κ3) is 4.61. The lowest BCUT2D eigenvalue weighted by Crippen LogP contribution is -2.50. The number of piperidine rings is 1. The average molecular weight is 489 g/mol. The molecule has 0 aliphatic carbocycles. The van der Waals surface area contributed by atoms with Crippen LogP contribution in [0.1, 0.15) is 26.2 Å². The molecule has 0 radical (unpaired) electrons. The molecule has 0 N–H and O–H groups in total. The van der Waals surface area contributed by atoms with E-state index in [2.05, 4.69) is 8.75 Å². The molecule has 0 saturated carbocycles. The molecule has 1 saturated heterocycles. The molecule has 2 atom stereocenters. The van der Waals surface area contributed by atoms with Gasteiger partial charge in [0.25, 0.3) is 5.91 Å². The fourth-order valence-corrected chi connectivity index (χ4v) is 6.30. The van der Waals surface area contributed by atoms with Gasteiger partial charge in [-0.15, -0.1) is 0 Å². The number of rotatable bonds is 6. The number of sulfonamides is 1. The minimum atomic E-state index is -4.03. The minimum Gasteiger partial charge on any atom is -0.451 e. The molecule has 1 aliphatic heterocycles. The van der Waals surface area contributed by atoms with Crippen LogP contribution in [0, 0.1) is 0 Å². The number of likely N-dealkylation sites (N-methyl/N-ethyl adjacent to an activating group) is 1. The van der Waals surface area contributed by atoms with E-state index in [1.165, 1.54) is 22.2 Å². The standard InChI is InChI=1S/C22H24N4O5S2/c1-15(21(27)25(2)16-9-4-3-5-10-16)31-22(28)18-12-6-7-14-26(18)33(29,30)19-13-8-11-17-20(19)24-32-23-17/h3-5,8-11,13,15,18H,6-7,12,14H2,1-2H3/t15-,18+/m1/s1. The van der Waals surface area contributed by atoms with E-state index in [0.29, 0.717) is 30.5 Å². The van der Waals surface area contributed by atoms with Gasteiger partial charge in [0, 0.05) is 19.3 Å². The number of aromatic nitrogens is 2. The monoisotopic (exact) mass is 488 g/mol. The number of anilines is 1. The van der Waals surface area contributed by atoms with Crippen molar-refractivity contribution >= 4 is 50.3 Å². The van der Waals surface area contributed by atoms with E-state index in [-0.39, 0.29) is 17.0 Å². The van der Waals surface area contributed by atoms with Crippen LogP contribution in [0.5, 0.6) is 0 Å². The van der Waals surface area contributed by atoms with Crippen molar-refractivity contribution in [2.45, 2.75) is 43.2 Å². The second-order valence-corrected chi connectivity index (χ2v) is 10.2. The van der Waals surface area contributed by atoms with Crippen LogP contribution in [0.3, 0.4) is 0 Å². The van der Waals surface area contributed by atoms with E-state index < -0.39 is 34.0 Å². The largest absolute Gasteiger partial charge is 0.451 e. The Bertz CT molecular complexity index is 1260. The Balaban J connectivity index is 1.54. The number of carbonyl (C=O) groups is 2. The predicted octanol–water partition coefficient (Wildman–Crippen LogP) is 2.83. The Labute approximate surface area is 196 Å². The summed E-state index contributed by atoms with van der Waals surface area (Å²) in [5.41, 5.74) is 1.44. The molecule has 0 bridgehead atoms. The summed E-state index contributed by atoms with van der Waals surface area (Å²) in [7, 11) is -2.43. The van der Waals surface area contributed by atoms with E-state index in [1.54, 1.807) is 43.4 Å². The van der Waals surface area contributed by atoms with E-state index in [0.717, 1.165) is 11.7 Å². The lowest BCUT2D eigenvalue weighted by molar-refractivity contribution is -0.158. The van der Waals surface area contributed by atoms with Crippen molar-refractivity contribution in [3.63, 3.8) is 0 Å². The lowest BCUT2D eigenvalue weighted by Gasteiger charge is -2.33. The van der Waals surface area contributed by atoms with Crippen LogP contribution in [0.2, 0.25) is 0 Å². The molecule has 11 heteroatoms. The summed E-state index contributed by atoms with van der Waals surface area (Å²) in [6.45, 7) is 1.67. The fourth-order valence-electron chi connectivity index (χ4n) is 3.90. The molecular formula is C22H24N4O5S2. The third-order valence-electron chi connectivity index (χ3n) is 5.68. The first-order valence-electron chi connectivity index (χ1n) is 10.6. The predicted molar refractivity (Wildman–Crippen MR) is 124 cm³/mol. The summed E-state index contributed by atoms with van der Waals surface area (Å²) < 4.78 is 41.9. The van der Waals surface area contributed by atoms with Crippen molar-refractivity contribution in [2.75, 3.05) is 18.5 Å². The van der Waals surface area contributed by atoms with Gasteiger partial charge in [-0.25, -0.2) is 8.42 Å². The van der Waals surface area contributed by atoms with Gasteiger partial charge in [-0.1, -0.05) is 24.3 Å². The molecule has 33 heavy (non-hydrogen) atoms. The summed E-state index contributed by atoms with van der Waals surface area (Å²) in [6.07, 6.45) is 0.555. The third-order valence-corrected chi connectivity index (χ3v) is 8.16. The number of para-hydroxylation sites is 1.